The number of Topliss-reactive ketones (excluding diaryl/α,β-unsaturated/α-hetero) is 1. The molecule has 2 aromatic carbocycles. The van der Waals surface area contributed by atoms with Crippen molar-refractivity contribution in [2.75, 3.05) is 49.1 Å². The number of carbonyl (C=O) groups is 4. The van der Waals surface area contributed by atoms with E-state index in [2.05, 4.69) is 23.9 Å². The zero-order valence-electron chi connectivity index (χ0n) is 38.9. The minimum atomic E-state index is -3.80. The van der Waals surface area contributed by atoms with Crippen LogP contribution in [0.2, 0.25) is 0 Å². The number of hydrogen-bond acceptors (Lipinski definition) is 15. The fourth-order valence-electron chi connectivity index (χ4n) is 10.7. The zero-order chi connectivity index (χ0) is 47.0. The van der Waals surface area contributed by atoms with E-state index in [1.165, 1.54) is 40.6 Å². The first-order valence-electron chi connectivity index (χ1n) is 22.8. The predicted molar refractivity (Wildman–Crippen MR) is 242 cm³/mol. The molecule has 4 fully saturated rings. The molecule has 0 saturated carbocycles. The summed E-state index contributed by atoms with van der Waals surface area (Å²) in [7, 11) is 6.39. The van der Waals surface area contributed by atoms with Gasteiger partial charge in [-0.25, -0.2) is 13.2 Å². The van der Waals surface area contributed by atoms with E-state index in [9.17, 15) is 32.7 Å². The number of aliphatic hydroxyl groups excluding tert-OH is 1. The Morgan fingerprint density at radius 2 is 1.49 bits per heavy atom. The molecule has 6 rings (SSSR count). The van der Waals surface area contributed by atoms with Gasteiger partial charge in [0.2, 0.25) is 0 Å². The number of likely N-dealkylation sites (tertiary alicyclic amines) is 1. The zero-order valence-corrected chi connectivity index (χ0v) is 39.7. The summed E-state index contributed by atoms with van der Waals surface area (Å²) in [5, 5.41) is 11.8. The minimum Gasteiger partial charge on any atom is -0.496 e. The Morgan fingerprint density at radius 1 is 0.785 bits per heavy atom. The topological polar surface area (TPSA) is 188 Å². The van der Waals surface area contributed by atoms with Gasteiger partial charge in [-0.15, -0.1) is 5.06 Å². The number of hydroxylamine groups is 2. The van der Waals surface area contributed by atoms with Crippen LogP contribution in [0.1, 0.15) is 127 Å². The maximum atomic E-state index is 14.1. The van der Waals surface area contributed by atoms with Gasteiger partial charge in [0.15, 0.2) is 33.3 Å². The van der Waals surface area contributed by atoms with Crippen LogP contribution in [0.5, 0.6) is 28.7 Å². The molecular weight excluding hydrogens is 859 g/mol. The number of benzene rings is 2. The lowest BCUT2D eigenvalue weighted by molar-refractivity contribution is -0.220. The molecule has 16 nitrogen and oxygen atoms in total. The van der Waals surface area contributed by atoms with Gasteiger partial charge in [0.25, 0.3) is 5.91 Å². The average molecular weight is 926 g/mol. The van der Waals surface area contributed by atoms with E-state index < -0.39 is 39.4 Å². The Bertz CT molecular complexity index is 2170. The van der Waals surface area contributed by atoms with Crippen LogP contribution in [0.25, 0.3) is 6.08 Å². The minimum absolute atomic E-state index is 0.0163. The van der Waals surface area contributed by atoms with Gasteiger partial charge < -0.3 is 38.5 Å². The normalized spacial score (nSPS) is 24.9. The number of amides is 1. The molecule has 2 aromatic rings. The van der Waals surface area contributed by atoms with E-state index >= 15 is 0 Å². The Kier molecular flexibility index (Phi) is 16.3. The van der Waals surface area contributed by atoms with Crippen molar-refractivity contribution in [3.63, 3.8) is 0 Å². The second-order valence-corrected chi connectivity index (χ2v) is 20.0. The molecule has 0 spiro atoms. The molecule has 4 saturated heterocycles. The number of hydrogen-bond donors (Lipinski definition) is 1. The highest BCUT2D eigenvalue weighted by Gasteiger charge is 2.57. The number of aliphatic hydroxyl groups is 1. The summed E-state index contributed by atoms with van der Waals surface area (Å²) in [6, 6.07) is 8.01. The molecule has 4 aliphatic rings. The number of ether oxygens (including phenoxy) is 5. The van der Waals surface area contributed by atoms with Crippen molar-refractivity contribution in [2.45, 2.75) is 144 Å². The van der Waals surface area contributed by atoms with Crippen molar-refractivity contribution in [3.05, 3.63) is 46.9 Å². The van der Waals surface area contributed by atoms with Crippen LogP contribution in [0.3, 0.4) is 0 Å². The van der Waals surface area contributed by atoms with Crippen LogP contribution in [0.4, 0.5) is 0 Å². The molecule has 1 amide bonds. The third kappa shape index (κ3) is 11.3. The number of esters is 1. The molecule has 0 aromatic heterocycles. The summed E-state index contributed by atoms with van der Waals surface area (Å²) in [5.74, 6) is 0.0142. The SMILES string of the molecule is COc1cc(OC)c(/C=C/S(=O)(=O)Cc2ccc(OC)c(OC(=O)CCCC3(CCC45CCCCC(C(=O)CCCC(=O)ON6C(=O)CCC6O)(CC4)N5C)CCCN3C)c2)c(OC)c1. The number of nitrogens with zero attached hydrogens (tertiary/aromatic N) is 3. The van der Waals surface area contributed by atoms with Crippen molar-refractivity contribution >= 4 is 39.5 Å². The summed E-state index contributed by atoms with van der Waals surface area (Å²) < 4.78 is 54.2. The number of ketones is 1. The number of methoxy groups -OCH3 is 4. The average Bonchev–Trinajstić information content (AvgIpc) is 3.86. The fourth-order valence-corrected chi connectivity index (χ4v) is 11.8. The molecular formula is C48H67N3O13S. The third-order valence-electron chi connectivity index (χ3n) is 14.5. The van der Waals surface area contributed by atoms with E-state index in [0.29, 0.717) is 47.0 Å². The van der Waals surface area contributed by atoms with Crippen LogP contribution in [-0.4, -0.2) is 124 Å². The number of sulfone groups is 1. The number of fused-ring (bicyclic) bond motifs is 2. The quantitative estimate of drug-likeness (QED) is 0.0990. The summed E-state index contributed by atoms with van der Waals surface area (Å²) in [5.41, 5.74) is 0.0236. The molecule has 0 radical (unpaired) electrons. The molecule has 4 aliphatic heterocycles. The maximum absolute atomic E-state index is 14.1. The van der Waals surface area contributed by atoms with Crippen LogP contribution in [0, 0.1) is 0 Å². The van der Waals surface area contributed by atoms with Gasteiger partial charge in [0.05, 0.1) is 45.3 Å². The highest BCUT2D eigenvalue weighted by molar-refractivity contribution is 7.93. The fraction of sp³-hybridized carbons (Fsp3) is 0.625. The first-order valence-corrected chi connectivity index (χ1v) is 24.5. The van der Waals surface area contributed by atoms with Crippen LogP contribution < -0.4 is 23.7 Å². The summed E-state index contributed by atoms with van der Waals surface area (Å²) in [6.07, 6.45) is 12.1. The largest absolute Gasteiger partial charge is 0.496 e. The first kappa shape index (κ1) is 49.7. The van der Waals surface area contributed by atoms with Crippen molar-refractivity contribution in [1.82, 2.24) is 14.9 Å². The molecule has 4 unspecified atom stereocenters. The highest BCUT2D eigenvalue weighted by atomic mass is 32.2. The van der Waals surface area contributed by atoms with E-state index in [1.807, 2.05) is 0 Å². The summed E-state index contributed by atoms with van der Waals surface area (Å²) in [6.45, 7) is 0.965. The molecule has 2 bridgehead atoms. The third-order valence-corrected chi connectivity index (χ3v) is 15.8. The van der Waals surface area contributed by atoms with Gasteiger partial charge in [0, 0.05) is 60.7 Å². The van der Waals surface area contributed by atoms with Crippen LogP contribution in [-0.2, 0) is 39.6 Å². The van der Waals surface area contributed by atoms with Crippen molar-refractivity contribution in [2.24, 2.45) is 0 Å². The standard InChI is InChI=1S/C48H67N3O13S/c1-49-28-11-22-46(49,24-25-47-20-7-8-23-48(27-26-47,50(47)2)41(52)12-9-13-45(56)64-51-42(53)17-18-43(51)54)21-10-14-44(55)63-40-30-34(15-16-37(40)60-4)33-65(57,58)29-19-36-38(61-5)31-35(59-3)32-39(36)62-6/h15-16,19,29-32,42,53H,7-14,17-18,20-28,33H2,1-6H3/b29-19+. The summed E-state index contributed by atoms with van der Waals surface area (Å²) >= 11 is 0. The molecule has 17 heteroatoms. The van der Waals surface area contributed by atoms with Gasteiger partial charge in [-0.3, -0.25) is 19.3 Å². The lowest BCUT2D eigenvalue weighted by Crippen LogP contribution is -2.55. The lowest BCUT2D eigenvalue weighted by Gasteiger charge is -2.45. The van der Waals surface area contributed by atoms with Gasteiger partial charge in [-0.05, 0) is 115 Å². The Morgan fingerprint density at radius 3 is 2.14 bits per heavy atom. The Labute approximate surface area is 383 Å². The monoisotopic (exact) mass is 925 g/mol. The summed E-state index contributed by atoms with van der Waals surface area (Å²) in [4.78, 5) is 61.9. The number of carbonyl (C=O) groups excluding carboxylic acids is 4. The smallest absolute Gasteiger partial charge is 0.332 e. The maximum Gasteiger partial charge on any atom is 0.332 e. The molecule has 1 N–H and O–H groups in total. The Balaban J connectivity index is 1.04. The van der Waals surface area contributed by atoms with Crippen LogP contribution in [0.15, 0.2) is 35.7 Å². The van der Waals surface area contributed by atoms with Gasteiger partial charge in [-0.2, -0.15) is 0 Å². The molecule has 358 valence electrons. The van der Waals surface area contributed by atoms with Crippen molar-refractivity contribution in [1.29, 1.82) is 0 Å². The number of likely N-dealkylation sites (N-methyl/N-ethyl adjacent to an activating group) is 1. The van der Waals surface area contributed by atoms with Gasteiger partial charge in [-0.1, -0.05) is 18.9 Å². The second kappa shape index (κ2) is 21.3. The van der Waals surface area contributed by atoms with Crippen molar-refractivity contribution in [3.8, 4) is 28.7 Å². The lowest BCUT2D eigenvalue weighted by atomic mass is 9.77. The van der Waals surface area contributed by atoms with E-state index in [4.69, 9.17) is 28.5 Å². The Hall–Kier alpha value is -4.71. The van der Waals surface area contributed by atoms with E-state index in [1.54, 1.807) is 24.3 Å². The predicted octanol–water partition coefficient (Wildman–Crippen LogP) is 6.54. The molecule has 4 atom stereocenters. The van der Waals surface area contributed by atoms with Crippen molar-refractivity contribution < 1.29 is 61.2 Å². The van der Waals surface area contributed by atoms with Gasteiger partial charge in [0.1, 0.15) is 17.2 Å². The molecule has 0 aliphatic carbocycles. The van der Waals surface area contributed by atoms with E-state index in [-0.39, 0.29) is 60.5 Å². The molecule has 4 heterocycles. The second-order valence-electron chi connectivity index (χ2n) is 18.1. The first-order chi connectivity index (χ1) is 31.0. The number of rotatable bonds is 22. The highest BCUT2D eigenvalue weighted by Crippen LogP contribution is 2.53. The van der Waals surface area contributed by atoms with Gasteiger partial charge >= 0.3 is 11.9 Å². The molecule has 65 heavy (non-hydrogen) atoms. The van der Waals surface area contributed by atoms with Crippen LogP contribution >= 0.6 is 0 Å². The van der Waals surface area contributed by atoms with E-state index in [0.717, 1.165) is 87.6 Å².